The average molecular weight is 546 g/mol. The molecule has 0 unspecified atom stereocenters. The van der Waals surface area contributed by atoms with E-state index in [1.54, 1.807) is 33.4 Å². The maximum atomic E-state index is 12.8. The third kappa shape index (κ3) is 5.48. The summed E-state index contributed by atoms with van der Waals surface area (Å²) in [4.78, 5) is 4.15. The van der Waals surface area contributed by atoms with Gasteiger partial charge in [-0.2, -0.15) is 0 Å². The second-order valence-corrected chi connectivity index (χ2v) is 8.47. The lowest BCUT2D eigenvalue weighted by atomic mass is 10.2. The first-order valence-corrected chi connectivity index (χ1v) is 10.9. The molecule has 3 rings (SSSR count). The topological polar surface area (TPSA) is 92.3 Å². The maximum absolute atomic E-state index is 12.8. The molecule has 0 radical (unpaired) electrons. The van der Waals surface area contributed by atoms with Gasteiger partial charge in [-0.25, -0.2) is 8.42 Å². The third-order valence-corrected chi connectivity index (χ3v) is 6.47. The van der Waals surface area contributed by atoms with Gasteiger partial charge in [0.2, 0.25) is 10.0 Å². The molecule has 2 aromatic rings. The van der Waals surface area contributed by atoms with Crippen molar-refractivity contribution in [1.29, 1.82) is 0 Å². The SMILES string of the molecule is CN=C(NCCS(=O)(=O)N1CCc2ccccc21)Nc1ccc(OC)c(OC)c1.I. The van der Waals surface area contributed by atoms with Gasteiger partial charge in [-0.1, -0.05) is 18.2 Å². The molecule has 2 N–H and O–H groups in total. The average Bonchev–Trinajstić information content (AvgIpc) is 3.18. The van der Waals surface area contributed by atoms with E-state index < -0.39 is 10.0 Å². The van der Waals surface area contributed by atoms with Crippen LogP contribution in [-0.2, 0) is 16.4 Å². The van der Waals surface area contributed by atoms with Gasteiger partial charge in [0.25, 0.3) is 0 Å². The Morgan fingerprint density at radius 3 is 2.57 bits per heavy atom. The van der Waals surface area contributed by atoms with Crippen LogP contribution in [0.2, 0.25) is 0 Å². The summed E-state index contributed by atoms with van der Waals surface area (Å²) in [6.07, 6.45) is 0.741. The number of methoxy groups -OCH3 is 2. The normalized spacial score (nSPS) is 13.3. The molecule has 0 saturated heterocycles. The van der Waals surface area contributed by atoms with Gasteiger partial charge in [0.15, 0.2) is 17.5 Å². The number of sulfonamides is 1. The zero-order valence-corrected chi connectivity index (χ0v) is 20.4. The van der Waals surface area contributed by atoms with Gasteiger partial charge < -0.3 is 20.1 Å². The Hall–Kier alpha value is -2.21. The number of halogens is 1. The second kappa shape index (κ2) is 10.7. The molecule has 0 fully saturated rings. The fourth-order valence-electron chi connectivity index (χ4n) is 3.24. The van der Waals surface area contributed by atoms with Gasteiger partial charge >= 0.3 is 0 Å². The summed E-state index contributed by atoms with van der Waals surface area (Å²) < 4.78 is 37.6. The molecule has 0 atom stereocenters. The minimum Gasteiger partial charge on any atom is -0.493 e. The molecule has 30 heavy (non-hydrogen) atoms. The Morgan fingerprint density at radius 1 is 1.13 bits per heavy atom. The molecule has 0 bridgehead atoms. The lowest BCUT2D eigenvalue weighted by Gasteiger charge is -2.20. The van der Waals surface area contributed by atoms with Crippen molar-refractivity contribution < 1.29 is 17.9 Å². The first-order valence-electron chi connectivity index (χ1n) is 9.26. The molecule has 2 aromatic carbocycles. The minimum atomic E-state index is -3.42. The van der Waals surface area contributed by atoms with E-state index in [-0.39, 0.29) is 36.3 Å². The number of benzene rings is 2. The summed E-state index contributed by atoms with van der Waals surface area (Å²) in [6, 6.07) is 13.0. The van der Waals surface area contributed by atoms with Crippen molar-refractivity contribution in [3.05, 3.63) is 48.0 Å². The van der Waals surface area contributed by atoms with Crippen LogP contribution < -0.4 is 24.4 Å². The van der Waals surface area contributed by atoms with E-state index in [2.05, 4.69) is 15.6 Å². The summed E-state index contributed by atoms with van der Waals surface area (Å²) in [7, 11) is 1.35. The molecule has 1 heterocycles. The van der Waals surface area contributed by atoms with Gasteiger partial charge in [-0.05, 0) is 30.2 Å². The highest BCUT2D eigenvalue weighted by Gasteiger charge is 2.28. The molecule has 1 aliphatic rings. The summed E-state index contributed by atoms with van der Waals surface area (Å²) in [5, 5.41) is 6.17. The predicted octanol–water partition coefficient (Wildman–Crippen LogP) is 2.70. The lowest BCUT2D eigenvalue weighted by molar-refractivity contribution is 0.355. The number of ether oxygens (including phenoxy) is 2. The van der Waals surface area contributed by atoms with Gasteiger partial charge in [0, 0.05) is 31.9 Å². The Balaban J connectivity index is 0.00000320. The molecular weight excluding hydrogens is 519 g/mol. The molecule has 0 aromatic heterocycles. The number of fused-ring (bicyclic) bond motifs is 1. The lowest BCUT2D eigenvalue weighted by Crippen LogP contribution is -2.39. The van der Waals surface area contributed by atoms with E-state index in [1.165, 1.54) is 4.31 Å². The number of rotatable bonds is 7. The van der Waals surface area contributed by atoms with E-state index in [9.17, 15) is 8.42 Å². The van der Waals surface area contributed by atoms with Crippen LogP contribution in [0.4, 0.5) is 11.4 Å². The zero-order chi connectivity index (χ0) is 20.9. The molecule has 0 amide bonds. The van der Waals surface area contributed by atoms with Crippen molar-refractivity contribution in [2.45, 2.75) is 6.42 Å². The molecule has 8 nitrogen and oxygen atoms in total. The zero-order valence-electron chi connectivity index (χ0n) is 17.2. The van der Waals surface area contributed by atoms with Crippen LogP contribution in [0.15, 0.2) is 47.5 Å². The number of nitrogens with one attached hydrogen (secondary N) is 2. The minimum absolute atomic E-state index is 0. The van der Waals surface area contributed by atoms with Crippen LogP contribution in [0.25, 0.3) is 0 Å². The molecule has 10 heteroatoms. The summed E-state index contributed by atoms with van der Waals surface area (Å²) >= 11 is 0. The maximum Gasteiger partial charge on any atom is 0.236 e. The van der Waals surface area contributed by atoms with Gasteiger partial charge in [0.1, 0.15) is 0 Å². The predicted molar refractivity (Wildman–Crippen MR) is 131 cm³/mol. The van der Waals surface area contributed by atoms with Crippen LogP contribution >= 0.6 is 24.0 Å². The third-order valence-electron chi connectivity index (χ3n) is 4.70. The monoisotopic (exact) mass is 546 g/mol. The summed E-state index contributed by atoms with van der Waals surface area (Å²) in [6.45, 7) is 0.717. The fourth-order valence-corrected chi connectivity index (χ4v) is 4.66. The largest absolute Gasteiger partial charge is 0.493 e. The highest BCUT2D eigenvalue weighted by atomic mass is 127. The van der Waals surface area contributed by atoms with E-state index in [1.807, 2.05) is 30.3 Å². The van der Waals surface area contributed by atoms with Crippen molar-refractivity contribution in [1.82, 2.24) is 5.32 Å². The van der Waals surface area contributed by atoms with E-state index in [0.717, 1.165) is 23.4 Å². The number of aliphatic imine (C=N–C) groups is 1. The number of anilines is 2. The fraction of sp³-hybridized carbons (Fsp3) is 0.350. The molecular formula is C20H27IN4O4S. The smallest absolute Gasteiger partial charge is 0.236 e. The molecule has 0 spiro atoms. The molecule has 1 aliphatic heterocycles. The first-order chi connectivity index (χ1) is 14.0. The van der Waals surface area contributed by atoms with Crippen LogP contribution in [0.1, 0.15) is 5.56 Å². The van der Waals surface area contributed by atoms with Crippen LogP contribution in [0.5, 0.6) is 11.5 Å². The van der Waals surface area contributed by atoms with E-state index in [4.69, 9.17) is 9.47 Å². The number of para-hydroxylation sites is 1. The Morgan fingerprint density at radius 2 is 1.87 bits per heavy atom. The van der Waals surface area contributed by atoms with Gasteiger partial charge in [-0.15, -0.1) is 24.0 Å². The standard InChI is InChI=1S/C20H26N4O4S.HI/c1-21-20(23-16-8-9-18(27-2)19(14-16)28-3)22-11-13-29(25,26)24-12-10-15-6-4-5-7-17(15)24;/h4-9,14H,10-13H2,1-3H3,(H2,21,22,23);1H. The summed E-state index contributed by atoms with van der Waals surface area (Å²) in [5.41, 5.74) is 2.59. The number of hydrogen-bond donors (Lipinski definition) is 2. The van der Waals surface area contributed by atoms with Crippen molar-refractivity contribution >= 4 is 51.3 Å². The van der Waals surface area contributed by atoms with Crippen LogP contribution in [0.3, 0.4) is 0 Å². The van der Waals surface area contributed by atoms with E-state index >= 15 is 0 Å². The van der Waals surface area contributed by atoms with Gasteiger partial charge in [0.05, 0.1) is 25.7 Å². The highest BCUT2D eigenvalue weighted by Crippen LogP contribution is 2.30. The number of guanidine groups is 1. The van der Waals surface area contributed by atoms with Crippen molar-refractivity contribution in [3.8, 4) is 11.5 Å². The van der Waals surface area contributed by atoms with Crippen LogP contribution in [-0.4, -0.2) is 54.5 Å². The first kappa shape index (κ1) is 24.1. The van der Waals surface area contributed by atoms with Crippen molar-refractivity contribution in [2.24, 2.45) is 4.99 Å². The van der Waals surface area contributed by atoms with Gasteiger partial charge in [-0.3, -0.25) is 9.30 Å². The summed E-state index contributed by atoms with van der Waals surface area (Å²) in [5.74, 6) is 1.64. The molecule has 0 aliphatic carbocycles. The van der Waals surface area contributed by atoms with Crippen molar-refractivity contribution in [2.75, 3.05) is 49.7 Å². The second-order valence-electron chi connectivity index (χ2n) is 6.46. The van der Waals surface area contributed by atoms with E-state index in [0.29, 0.717) is 24.0 Å². The molecule has 164 valence electrons. The van der Waals surface area contributed by atoms with Crippen molar-refractivity contribution in [3.63, 3.8) is 0 Å². The number of hydrogen-bond acceptors (Lipinski definition) is 5. The van der Waals surface area contributed by atoms with Crippen LogP contribution in [0, 0.1) is 0 Å². The highest BCUT2D eigenvalue weighted by molar-refractivity contribution is 14.0. The Labute approximate surface area is 194 Å². The Kier molecular flexibility index (Phi) is 8.59. The Bertz CT molecular complexity index is 998. The molecule has 0 saturated carbocycles. The number of nitrogens with zero attached hydrogens (tertiary/aromatic N) is 2. The quantitative estimate of drug-likeness (QED) is 0.315.